The van der Waals surface area contributed by atoms with Gasteiger partial charge in [0.1, 0.15) is 5.75 Å². The first-order valence-corrected chi connectivity index (χ1v) is 8.58. The van der Waals surface area contributed by atoms with Crippen molar-refractivity contribution < 1.29 is 9.47 Å². The molecule has 2 unspecified atom stereocenters. The normalized spacial score (nSPS) is 13.6. The first-order valence-electron chi connectivity index (χ1n) is 8.58. The first-order chi connectivity index (χ1) is 11.1. The molecule has 2 aromatic rings. The van der Waals surface area contributed by atoms with Gasteiger partial charge in [-0.25, -0.2) is 0 Å². The molecule has 0 bridgehead atoms. The highest BCUT2D eigenvalue weighted by Gasteiger charge is 2.07. The standard InChI is InChI=1S/C21H28O2/c1-5-16(3)20-11-13-21(14-12-20)23-17(4)22-15-19-9-7-18(6-2)8-10-19/h7-14,16-17H,5-6,15H2,1-4H3. The van der Waals surface area contributed by atoms with Crippen molar-refractivity contribution in [3.63, 3.8) is 0 Å². The molecular weight excluding hydrogens is 284 g/mol. The molecule has 23 heavy (non-hydrogen) atoms. The van der Waals surface area contributed by atoms with Crippen LogP contribution in [0.3, 0.4) is 0 Å². The van der Waals surface area contributed by atoms with E-state index in [0.717, 1.165) is 18.6 Å². The fraction of sp³-hybridized carbons (Fsp3) is 0.429. The minimum absolute atomic E-state index is 0.268. The van der Waals surface area contributed by atoms with Gasteiger partial charge in [-0.3, -0.25) is 0 Å². The molecule has 2 rings (SSSR count). The summed E-state index contributed by atoms with van der Waals surface area (Å²) >= 11 is 0. The van der Waals surface area contributed by atoms with E-state index in [-0.39, 0.29) is 6.29 Å². The van der Waals surface area contributed by atoms with Crippen molar-refractivity contribution in [2.24, 2.45) is 0 Å². The highest BCUT2D eigenvalue weighted by molar-refractivity contribution is 5.29. The van der Waals surface area contributed by atoms with E-state index in [4.69, 9.17) is 9.47 Å². The summed E-state index contributed by atoms with van der Waals surface area (Å²) in [6, 6.07) is 16.9. The van der Waals surface area contributed by atoms with E-state index in [0.29, 0.717) is 12.5 Å². The van der Waals surface area contributed by atoms with E-state index in [1.807, 2.05) is 19.1 Å². The second-order valence-electron chi connectivity index (χ2n) is 6.04. The summed E-state index contributed by atoms with van der Waals surface area (Å²) in [7, 11) is 0. The maximum atomic E-state index is 5.83. The van der Waals surface area contributed by atoms with Gasteiger partial charge in [-0.2, -0.15) is 0 Å². The smallest absolute Gasteiger partial charge is 0.197 e. The number of hydrogen-bond acceptors (Lipinski definition) is 2. The molecule has 0 aliphatic rings. The first kappa shape index (κ1) is 17.6. The number of ether oxygens (including phenoxy) is 2. The maximum Gasteiger partial charge on any atom is 0.197 e. The third kappa shape index (κ3) is 5.40. The van der Waals surface area contributed by atoms with Crippen LogP contribution in [0.4, 0.5) is 0 Å². The van der Waals surface area contributed by atoms with Gasteiger partial charge in [-0.15, -0.1) is 0 Å². The largest absolute Gasteiger partial charge is 0.465 e. The minimum Gasteiger partial charge on any atom is -0.465 e. The van der Waals surface area contributed by atoms with Gasteiger partial charge in [0.25, 0.3) is 0 Å². The number of rotatable bonds is 8. The third-order valence-corrected chi connectivity index (χ3v) is 4.28. The van der Waals surface area contributed by atoms with Gasteiger partial charge in [0, 0.05) is 0 Å². The molecule has 0 aromatic heterocycles. The molecule has 0 aliphatic heterocycles. The van der Waals surface area contributed by atoms with E-state index in [1.165, 1.54) is 16.7 Å². The Hall–Kier alpha value is -1.80. The summed E-state index contributed by atoms with van der Waals surface area (Å²) in [5.41, 5.74) is 3.87. The summed E-state index contributed by atoms with van der Waals surface area (Å²) in [5, 5.41) is 0. The lowest BCUT2D eigenvalue weighted by molar-refractivity contribution is -0.0759. The Bertz CT molecular complexity index is 572. The maximum absolute atomic E-state index is 5.83. The predicted octanol–water partition coefficient (Wildman–Crippen LogP) is 5.70. The molecule has 0 radical (unpaired) electrons. The van der Waals surface area contributed by atoms with Crippen molar-refractivity contribution in [1.82, 2.24) is 0 Å². The van der Waals surface area contributed by atoms with E-state index in [9.17, 15) is 0 Å². The quantitative estimate of drug-likeness (QED) is 0.582. The molecule has 0 fully saturated rings. The van der Waals surface area contributed by atoms with Crippen molar-refractivity contribution in [1.29, 1.82) is 0 Å². The fourth-order valence-corrected chi connectivity index (χ4v) is 2.42. The Labute approximate surface area is 140 Å². The summed E-state index contributed by atoms with van der Waals surface area (Å²) in [6.07, 6.45) is 1.94. The topological polar surface area (TPSA) is 18.5 Å². The fourth-order valence-electron chi connectivity index (χ4n) is 2.42. The van der Waals surface area contributed by atoms with Crippen LogP contribution in [0.2, 0.25) is 0 Å². The Morgan fingerprint density at radius 3 is 2.00 bits per heavy atom. The number of benzene rings is 2. The van der Waals surface area contributed by atoms with Crippen molar-refractivity contribution in [2.45, 2.75) is 59.4 Å². The summed E-state index contributed by atoms with van der Waals surface area (Å²) in [6.45, 7) is 9.11. The molecule has 0 heterocycles. The third-order valence-electron chi connectivity index (χ3n) is 4.28. The van der Waals surface area contributed by atoms with Crippen LogP contribution in [0.25, 0.3) is 0 Å². The lowest BCUT2D eigenvalue weighted by atomic mass is 9.99. The van der Waals surface area contributed by atoms with E-state index in [1.54, 1.807) is 0 Å². The highest BCUT2D eigenvalue weighted by Crippen LogP contribution is 2.22. The van der Waals surface area contributed by atoms with Crippen LogP contribution < -0.4 is 4.74 Å². The zero-order valence-corrected chi connectivity index (χ0v) is 14.7. The van der Waals surface area contributed by atoms with Gasteiger partial charge in [0.05, 0.1) is 6.61 Å². The van der Waals surface area contributed by atoms with Crippen LogP contribution >= 0.6 is 0 Å². The average Bonchev–Trinajstić information content (AvgIpc) is 2.60. The van der Waals surface area contributed by atoms with Crippen molar-refractivity contribution in [2.75, 3.05) is 0 Å². The van der Waals surface area contributed by atoms with Crippen LogP contribution in [0.5, 0.6) is 5.75 Å². The van der Waals surface area contributed by atoms with E-state index >= 15 is 0 Å². The molecule has 0 saturated heterocycles. The molecule has 2 atom stereocenters. The van der Waals surface area contributed by atoms with Gasteiger partial charge in [0.2, 0.25) is 0 Å². The molecule has 124 valence electrons. The van der Waals surface area contributed by atoms with Gasteiger partial charge < -0.3 is 9.47 Å². The molecule has 0 saturated carbocycles. The average molecular weight is 312 g/mol. The molecule has 2 aromatic carbocycles. The summed E-state index contributed by atoms with van der Waals surface area (Å²) in [5.74, 6) is 1.44. The van der Waals surface area contributed by atoms with Gasteiger partial charge in [0.15, 0.2) is 6.29 Å². The highest BCUT2D eigenvalue weighted by atomic mass is 16.7. The Balaban J connectivity index is 1.82. The molecule has 0 aliphatic carbocycles. The van der Waals surface area contributed by atoms with Crippen LogP contribution in [-0.2, 0) is 17.8 Å². The molecule has 2 heteroatoms. The summed E-state index contributed by atoms with van der Waals surface area (Å²) < 4.78 is 11.6. The lowest BCUT2D eigenvalue weighted by Gasteiger charge is -2.16. The second kappa shape index (κ2) is 8.73. The molecule has 2 nitrogen and oxygen atoms in total. The Kier molecular flexibility index (Phi) is 6.66. The summed E-state index contributed by atoms with van der Waals surface area (Å²) in [4.78, 5) is 0. The van der Waals surface area contributed by atoms with Gasteiger partial charge in [-0.05, 0) is 54.5 Å². The van der Waals surface area contributed by atoms with Crippen molar-refractivity contribution in [3.8, 4) is 5.75 Å². The molecule has 0 amide bonds. The molecular formula is C21H28O2. The van der Waals surface area contributed by atoms with Gasteiger partial charge in [-0.1, -0.05) is 57.2 Å². The molecule has 0 spiro atoms. The van der Waals surface area contributed by atoms with Gasteiger partial charge >= 0.3 is 0 Å². The Morgan fingerprint density at radius 1 is 0.826 bits per heavy atom. The van der Waals surface area contributed by atoms with Crippen LogP contribution in [0.15, 0.2) is 48.5 Å². The van der Waals surface area contributed by atoms with E-state index < -0.39 is 0 Å². The zero-order valence-electron chi connectivity index (χ0n) is 14.7. The second-order valence-corrected chi connectivity index (χ2v) is 6.04. The van der Waals surface area contributed by atoms with Crippen LogP contribution in [-0.4, -0.2) is 6.29 Å². The molecule has 0 N–H and O–H groups in total. The van der Waals surface area contributed by atoms with Crippen LogP contribution in [0, 0.1) is 0 Å². The van der Waals surface area contributed by atoms with E-state index in [2.05, 4.69) is 57.2 Å². The van der Waals surface area contributed by atoms with Crippen molar-refractivity contribution in [3.05, 3.63) is 65.2 Å². The minimum atomic E-state index is -0.268. The number of aryl methyl sites for hydroxylation is 1. The predicted molar refractivity (Wildman–Crippen MR) is 95.8 cm³/mol. The monoisotopic (exact) mass is 312 g/mol. The zero-order chi connectivity index (χ0) is 16.7. The SMILES string of the molecule is CCc1ccc(COC(C)Oc2ccc(C(C)CC)cc2)cc1. The van der Waals surface area contributed by atoms with Crippen molar-refractivity contribution >= 4 is 0 Å². The number of hydrogen-bond donors (Lipinski definition) is 0. The lowest BCUT2D eigenvalue weighted by Crippen LogP contribution is -2.16. The van der Waals surface area contributed by atoms with Crippen LogP contribution in [0.1, 0.15) is 56.7 Å². The Morgan fingerprint density at radius 2 is 1.43 bits per heavy atom.